The van der Waals surface area contributed by atoms with Crippen molar-refractivity contribution in [2.75, 3.05) is 6.54 Å². The molecule has 4 aromatic rings. The summed E-state index contributed by atoms with van der Waals surface area (Å²) in [6.07, 6.45) is 5.93. The van der Waals surface area contributed by atoms with Gasteiger partial charge in [-0.1, -0.05) is 0 Å². The van der Waals surface area contributed by atoms with Crippen LogP contribution in [0.15, 0.2) is 53.4 Å². The quantitative estimate of drug-likeness (QED) is 0.568. The molecule has 1 N–H and O–H groups in total. The number of hydrogen-bond donors (Lipinski definition) is 1. The van der Waals surface area contributed by atoms with Crippen LogP contribution in [0.5, 0.6) is 0 Å². The van der Waals surface area contributed by atoms with Crippen molar-refractivity contribution in [3.05, 3.63) is 77.4 Å². The molecule has 0 aliphatic carbocycles. The molecule has 5 rings (SSSR count). The van der Waals surface area contributed by atoms with E-state index in [1.54, 1.807) is 12.5 Å². The Labute approximate surface area is 165 Å². The van der Waals surface area contributed by atoms with Crippen molar-refractivity contribution < 1.29 is 13.2 Å². The Morgan fingerprint density at radius 1 is 1.14 bits per heavy atom. The third-order valence-corrected chi connectivity index (χ3v) is 5.02. The Morgan fingerprint density at radius 2 is 2.00 bits per heavy atom. The Morgan fingerprint density at radius 3 is 2.79 bits per heavy atom. The predicted octanol–water partition coefficient (Wildman–Crippen LogP) is 3.96. The lowest BCUT2D eigenvalue weighted by molar-refractivity contribution is 0.243. The highest BCUT2D eigenvalue weighted by molar-refractivity contribution is 5.62. The molecule has 0 saturated carbocycles. The van der Waals surface area contributed by atoms with E-state index in [2.05, 4.69) is 25.1 Å². The Balaban J connectivity index is 1.35. The fraction of sp³-hybridized carbons (Fsp3) is 0.190. The molecule has 1 aliphatic heterocycles. The van der Waals surface area contributed by atoms with Gasteiger partial charge < -0.3 is 4.42 Å². The summed E-state index contributed by atoms with van der Waals surface area (Å²) in [5.74, 6) is 0.0157. The van der Waals surface area contributed by atoms with Crippen molar-refractivity contribution >= 4 is 0 Å². The zero-order valence-electron chi connectivity index (χ0n) is 15.4. The fourth-order valence-corrected chi connectivity index (χ4v) is 3.65. The van der Waals surface area contributed by atoms with Crippen molar-refractivity contribution in [3.63, 3.8) is 0 Å². The van der Waals surface area contributed by atoms with Crippen LogP contribution in [-0.4, -0.2) is 31.6 Å². The van der Waals surface area contributed by atoms with E-state index >= 15 is 0 Å². The molecule has 6 nitrogen and oxygen atoms in total. The van der Waals surface area contributed by atoms with Crippen LogP contribution in [0.25, 0.3) is 22.8 Å². The standard InChI is InChI=1S/C21H17F2N5O/c22-16-6-13(7-17(23)8-16)20-15(10-25-27-20)12-28-4-3-18-14(11-28)9-24-21(26-18)19-2-1-5-29-19/h1-2,5-10H,3-4,11-12H2,(H,25,27). The lowest BCUT2D eigenvalue weighted by Crippen LogP contribution is -2.31. The van der Waals surface area contributed by atoms with Crippen LogP contribution in [0.3, 0.4) is 0 Å². The lowest BCUT2D eigenvalue weighted by Gasteiger charge is -2.27. The van der Waals surface area contributed by atoms with Crippen LogP contribution in [-0.2, 0) is 19.5 Å². The topological polar surface area (TPSA) is 70.8 Å². The van der Waals surface area contributed by atoms with Gasteiger partial charge in [-0.2, -0.15) is 5.10 Å². The Hall–Kier alpha value is -3.39. The van der Waals surface area contributed by atoms with Crippen LogP contribution < -0.4 is 0 Å². The minimum Gasteiger partial charge on any atom is -0.461 e. The molecule has 1 aliphatic rings. The summed E-state index contributed by atoms with van der Waals surface area (Å²) in [5.41, 5.74) is 4.03. The highest BCUT2D eigenvalue weighted by Gasteiger charge is 2.21. The lowest BCUT2D eigenvalue weighted by atomic mass is 10.0. The van der Waals surface area contributed by atoms with Crippen LogP contribution in [0, 0.1) is 11.6 Å². The Bertz CT molecular complexity index is 1140. The van der Waals surface area contributed by atoms with E-state index in [9.17, 15) is 8.78 Å². The third-order valence-electron chi connectivity index (χ3n) is 5.02. The number of benzene rings is 1. The summed E-state index contributed by atoms with van der Waals surface area (Å²) < 4.78 is 32.6. The van der Waals surface area contributed by atoms with Gasteiger partial charge in [0.2, 0.25) is 0 Å². The molecule has 0 spiro atoms. The van der Waals surface area contributed by atoms with Crippen LogP contribution in [0.4, 0.5) is 8.78 Å². The van der Waals surface area contributed by atoms with E-state index in [4.69, 9.17) is 4.42 Å². The molecule has 1 aromatic carbocycles. The molecule has 146 valence electrons. The summed E-state index contributed by atoms with van der Waals surface area (Å²) in [6, 6.07) is 7.11. The van der Waals surface area contributed by atoms with Crippen molar-refractivity contribution in [2.45, 2.75) is 19.5 Å². The smallest absolute Gasteiger partial charge is 0.195 e. The van der Waals surface area contributed by atoms with Crippen molar-refractivity contribution in [2.24, 2.45) is 0 Å². The first-order valence-electron chi connectivity index (χ1n) is 9.25. The van der Waals surface area contributed by atoms with Crippen molar-refractivity contribution in [1.29, 1.82) is 0 Å². The number of rotatable bonds is 4. The minimum atomic E-state index is -0.614. The van der Waals surface area contributed by atoms with Gasteiger partial charge in [-0.05, 0) is 24.3 Å². The molecule has 3 aromatic heterocycles. The second kappa shape index (κ2) is 7.21. The largest absolute Gasteiger partial charge is 0.461 e. The molecule has 0 radical (unpaired) electrons. The van der Waals surface area contributed by atoms with Gasteiger partial charge in [0.05, 0.1) is 23.8 Å². The number of halogens is 2. The van der Waals surface area contributed by atoms with Gasteiger partial charge in [-0.3, -0.25) is 10.00 Å². The number of fused-ring (bicyclic) bond motifs is 1. The summed E-state index contributed by atoms with van der Waals surface area (Å²) in [7, 11) is 0. The normalized spacial score (nSPS) is 14.1. The zero-order chi connectivity index (χ0) is 19.8. The van der Waals surface area contributed by atoms with Gasteiger partial charge in [0.15, 0.2) is 11.6 Å². The molecule has 0 amide bonds. The summed E-state index contributed by atoms with van der Waals surface area (Å²) >= 11 is 0. The first-order valence-corrected chi connectivity index (χ1v) is 9.25. The molecule has 0 saturated heterocycles. The molecular weight excluding hydrogens is 376 g/mol. The molecule has 29 heavy (non-hydrogen) atoms. The zero-order valence-corrected chi connectivity index (χ0v) is 15.4. The number of aromatic nitrogens is 4. The molecule has 4 heterocycles. The van der Waals surface area contributed by atoms with Crippen molar-refractivity contribution in [1.82, 2.24) is 25.1 Å². The average molecular weight is 393 g/mol. The summed E-state index contributed by atoms with van der Waals surface area (Å²) in [6.45, 7) is 2.10. The maximum atomic E-state index is 13.6. The van der Waals surface area contributed by atoms with Gasteiger partial charge in [-0.25, -0.2) is 18.7 Å². The minimum absolute atomic E-state index is 0.443. The summed E-state index contributed by atoms with van der Waals surface area (Å²) in [5, 5.41) is 6.94. The number of nitrogens with one attached hydrogen (secondary N) is 1. The molecule has 0 fully saturated rings. The highest BCUT2D eigenvalue weighted by atomic mass is 19.1. The van der Waals surface area contributed by atoms with Crippen LogP contribution in [0.2, 0.25) is 0 Å². The number of aromatic amines is 1. The highest BCUT2D eigenvalue weighted by Crippen LogP contribution is 2.27. The van der Waals surface area contributed by atoms with Gasteiger partial charge in [0.1, 0.15) is 11.6 Å². The number of furan rings is 1. The van der Waals surface area contributed by atoms with E-state index < -0.39 is 11.6 Å². The number of H-pyrrole nitrogens is 1. The van der Waals surface area contributed by atoms with Crippen LogP contribution in [0.1, 0.15) is 16.8 Å². The van der Waals surface area contributed by atoms with E-state index in [0.717, 1.165) is 35.9 Å². The number of hydrogen-bond acceptors (Lipinski definition) is 5. The van der Waals surface area contributed by atoms with E-state index in [1.165, 1.54) is 12.1 Å². The molecule has 0 unspecified atom stereocenters. The van der Waals surface area contributed by atoms with Gasteiger partial charge in [0.25, 0.3) is 0 Å². The van der Waals surface area contributed by atoms with E-state index in [0.29, 0.717) is 35.9 Å². The second-order valence-electron chi connectivity index (χ2n) is 7.03. The maximum absolute atomic E-state index is 13.6. The molecular formula is C21H17F2N5O. The van der Waals surface area contributed by atoms with Gasteiger partial charge in [0, 0.05) is 55.0 Å². The molecule has 0 bridgehead atoms. The number of nitrogens with zero attached hydrogens (tertiary/aromatic N) is 4. The molecule has 8 heteroatoms. The monoisotopic (exact) mass is 393 g/mol. The molecule has 0 atom stereocenters. The van der Waals surface area contributed by atoms with E-state index in [1.807, 2.05) is 18.3 Å². The predicted molar refractivity (Wildman–Crippen MR) is 101 cm³/mol. The average Bonchev–Trinajstić information content (AvgIpc) is 3.39. The maximum Gasteiger partial charge on any atom is 0.195 e. The fourth-order valence-electron chi connectivity index (χ4n) is 3.65. The summed E-state index contributed by atoms with van der Waals surface area (Å²) in [4.78, 5) is 11.3. The van der Waals surface area contributed by atoms with Gasteiger partial charge >= 0.3 is 0 Å². The third kappa shape index (κ3) is 3.54. The van der Waals surface area contributed by atoms with Crippen LogP contribution >= 0.6 is 0 Å². The van der Waals surface area contributed by atoms with E-state index in [-0.39, 0.29) is 0 Å². The van der Waals surface area contributed by atoms with Gasteiger partial charge in [-0.15, -0.1) is 0 Å². The first-order chi connectivity index (χ1) is 14.2. The SMILES string of the molecule is Fc1cc(F)cc(-c2[nH]ncc2CN2CCc3nc(-c4ccco4)ncc3C2)c1. The van der Waals surface area contributed by atoms with Crippen molar-refractivity contribution in [3.8, 4) is 22.8 Å². The Kier molecular flexibility index (Phi) is 4.40. The first kappa shape index (κ1) is 17.7. The second-order valence-corrected chi connectivity index (χ2v) is 7.03.